The highest BCUT2D eigenvalue weighted by atomic mass is 15.2. The summed E-state index contributed by atoms with van der Waals surface area (Å²) >= 11 is 0. The van der Waals surface area contributed by atoms with Gasteiger partial charge in [-0.05, 0) is 187 Å². The Labute approximate surface area is 406 Å². The number of hydrogen-bond acceptors (Lipinski definition) is 2. The van der Waals surface area contributed by atoms with E-state index in [-0.39, 0.29) is 27.7 Å². The summed E-state index contributed by atoms with van der Waals surface area (Å²) in [6.07, 6.45) is 13.0. The zero-order chi connectivity index (χ0) is 47.7. The van der Waals surface area contributed by atoms with E-state index in [4.69, 9.17) is 0 Å². The number of nitrogens with zero attached hydrogens (tertiary/aromatic N) is 2. The van der Waals surface area contributed by atoms with Crippen molar-refractivity contribution in [2.24, 2.45) is 0 Å². The molecule has 0 aliphatic heterocycles. The molecule has 0 heterocycles. The SMILES string of the molecule is Cc1c2ccc(N(c3ccc(C(C)(C)C)cc3)c3ccc4c(c3)C(C)(C)C3=C4C=CCC3)cc2c(C)c2cc(N(c3ccc(C(C)(C)C)cc3)C3C=C4C(=CC3)c3ccccc3C4(C)C)ccc12. The molecular weight excluding hydrogens is 821 g/mol. The Balaban J connectivity index is 1.06. The smallest absolute Gasteiger partial charge is 0.0563 e. The quantitative estimate of drug-likeness (QED) is 0.154. The van der Waals surface area contributed by atoms with Crippen molar-refractivity contribution < 1.29 is 0 Å². The van der Waals surface area contributed by atoms with Crippen LogP contribution in [0.15, 0.2) is 163 Å². The van der Waals surface area contributed by atoms with Gasteiger partial charge in [0.05, 0.1) is 6.04 Å². The predicted octanol–water partition coefficient (Wildman–Crippen LogP) is 18.3. The van der Waals surface area contributed by atoms with Crippen molar-refractivity contribution in [1.82, 2.24) is 0 Å². The van der Waals surface area contributed by atoms with Crippen molar-refractivity contribution in [3.63, 3.8) is 0 Å². The van der Waals surface area contributed by atoms with Gasteiger partial charge >= 0.3 is 0 Å². The Hall–Kier alpha value is -6.38. The van der Waals surface area contributed by atoms with Crippen LogP contribution in [-0.2, 0) is 21.7 Å². The van der Waals surface area contributed by atoms with Crippen molar-refractivity contribution >= 4 is 61.1 Å². The van der Waals surface area contributed by atoms with Gasteiger partial charge in [-0.15, -0.1) is 0 Å². The van der Waals surface area contributed by atoms with Crippen LogP contribution in [0.5, 0.6) is 0 Å². The lowest BCUT2D eigenvalue weighted by atomic mass is 9.78. The fraction of sp³-hybridized carbons (Fsp3) is 0.303. The van der Waals surface area contributed by atoms with E-state index in [0.29, 0.717) is 0 Å². The van der Waals surface area contributed by atoms with Gasteiger partial charge in [0.2, 0.25) is 0 Å². The third-order valence-electron chi connectivity index (χ3n) is 16.4. The van der Waals surface area contributed by atoms with Crippen LogP contribution in [0.4, 0.5) is 28.4 Å². The fourth-order valence-corrected chi connectivity index (χ4v) is 12.4. The minimum Gasteiger partial charge on any atom is -0.334 e. The molecule has 0 saturated carbocycles. The van der Waals surface area contributed by atoms with Crippen LogP contribution in [0.2, 0.25) is 0 Å². The summed E-state index contributed by atoms with van der Waals surface area (Å²) in [4.78, 5) is 5.11. The predicted molar refractivity (Wildman–Crippen MR) is 294 cm³/mol. The third-order valence-corrected chi connectivity index (χ3v) is 16.4. The second-order valence-corrected chi connectivity index (χ2v) is 23.4. The van der Waals surface area contributed by atoms with Crippen LogP contribution in [0.25, 0.3) is 32.7 Å². The van der Waals surface area contributed by atoms with E-state index in [1.54, 1.807) is 5.57 Å². The highest BCUT2D eigenvalue weighted by Gasteiger charge is 2.41. The van der Waals surface area contributed by atoms with E-state index in [0.717, 1.165) is 19.3 Å². The molecule has 1 atom stereocenters. The van der Waals surface area contributed by atoms with Crippen molar-refractivity contribution in [3.05, 3.63) is 207 Å². The van der Waals surface area contributed by atoms with Gasteiger partial charge < -0.3 is 9.80 Å². The monoisotopic (exact) mass is 889 g/mol. The minimum absolute atomic E-state index is 0.0195. The number of hydrogen-bond donors (Lipinski definition) is 0. The fourth-order valence-electron chi connectivity index (χ4n) is 12.4. The largest absolute Gasteiger partial charge is 0.334 e. The van der Waals surface area contributed by atoms with Crippen LogP contribution < -0.4 is 9.80 Å². The van der Waals surface area contributed by atoms with Crippen LogP contribution in [0.1, 0.15) is 133 Å². The van der Waals surface area contributed by atoms with Gasteiger partial charge in [0.15, 0.2) is 0 Å². The lowest BCUT2D eigenvalue weighted by Crippen LogP contribution is -2.32. The zero-order valence-electron chi connectivity index (χ0n) is 42.5. The maximum atomic E-state index is 2.61. The molecule has 4 aliphatic rings. The molecule has 7 aromatic carbocycles. The maximum absolute atomic E-state index is 2.61. The van der Waals surface area contributed by atoms with Crippen LogP contribution >= 0.6 is 0 Å². The molecule has 0 saturated heterocycles. The Bertz CT molecular complexity index is 3330. The van der Waals surface area contributed by atoms with Crippen molar-refractivity contribution in [2.45, 2.75) is 130 Å². The number of rotatable bonds is 6. The third kappa shape index (κ3) is 6.96. The Morgan fingerprint density at radius 3 is 1.75 bits per heavy atom. The van der Waals surface area contributed by atoms with E-state index in [9.17, 15) is 0 Å². The van der Waals surface area contributed by atoms with E-state index in [1.165, 1.54) is 111 Å². The molecular formula is C66H68N2. The molecule has 0 bridgehead atoms. The average molecular weight is 889 g/mol. The molecule has 2 heteroatoms. The first-order valence-electron chi connectivity index (χ1n) is 25.2. The van der Waals surface area contributed by atoms with Crippen molar-refractivity contribution in [3.8, 4) is 0 Å². The van der Waals surface area contributed by atoms with E-state index in [2.05, 4.69) is 245 Å². The first-order valence-corrected chi connectivity index (χ1v) is 25.2. The number of fused-ring (bicyclic) bond motifs is 7. The van der Waals surface area contributed by atoms with Gasteiger partial charge in [-0.25, -0.2) is 0 Å². The normalized spacial score (nSPS) is 18.0. The number of allylic oxidation sites excluding steroid dienone is 6. The van der Waals surface area contributed by atoms with Gasteiger partial charge in [-0.3, -0.25) is 0 Å². The Morgan fingerprint density at radius 2 is 1.09 bits per heavy atom. The molecule has 0 aromatic heterocycles. The summed E-state index contributed by atoms with van der Waals surface area (Å²) in [5.41, 5.74) is 22.8. The molecule has 0 spiro atoms. The van der Waals surface area contributed by atoms with E-state index < -0.39 is 0 Å². The Morgan fingerprint density at radius 1 is 0.529 bits per heavy atom. The summed E-state index contributed by atoms with van der Waals surface area (Å²) < 4.78 is 0. The van der Waals surface area contributed by atoms with Gasteiger partial charge in [-0.1, -0.05) is 166 Å². The summed E-state index contributed by atoms with van der Waals surface area (Å²) in [6.45, 7) is 28.1. The highest BCUT2D eigenvalue weighted by Crippen LogP contribution is 2.54. The summed E-state index contributed by atoms with van der Waals surface area (Å²) in [5, 5.41) is 5.22. The second kappa shape index (κ2) is 15.6. The average Bonchev–Trinajstić information content (AvgIpc) is 3.69. The number of anilines is 5. The zero-order valence-corrected chi connectivity index (χ0v) is 42.5. The molecule has 0 fully saturated rings. The summed E-state index contributed by atoms with van der Waals surface area (Å²) in [5.74, 6) is 0. The van der Waals surface area contributed by atoms with E-state index in [1.807, 2.05) is 0 Å². The Kier molecular flexibility index (Phi) is 10.1. The first kappa shape index (κ1) is 44.1. The molecule has 0 amide bonds. The number of benzene rings is 7. The molecule has 342 valence electrons. The van der Waals surface area contributed by atoms with Crippen LogP contribution in [0, 0.1) is 13.8 Å². The van der Waals surface area contributed by atoms with Crippen LogP contribution in [-0.4, -0.2) is 6.04 Å². The highest BCUT2D eigenvalue weighted by molar-refractivity contribution is 6.08. The first-order chi connectivity index (χ1) is 32.3. The number of aryl methyl sites for hydroxylation is 2. The summed E-state index contributed by atoms with van der Waals surface area (Å²) in [6, 6.07) is 49.5. The molecule has 4 aliphatic carbocycles. The summed E-state index contributed by atoms with van der Waals surface area (Å²) in [7, 11) is 0. The van der Waals surface area contributed by atoms with Crippen molar-refractivity contribution in [2.75, 3.05) is 9.80 Å². The topological polar surface area (TPSA) is 6.48 Å². The van der Waals surface area contributed by atoms with Gasteiger partial charge in [0.1, 0.15) is 0 Å². The van der Waals surface area contributed by atoms with Crippen molar-refractivity contribution in [1.29, 1.82) is 0 Å². The molecule has 11 rings (SSSR count). The lowest BCUT2D eigenvalue weighted by Gasteiger charge is -2.36. The lowest BCUT2D eigenvalue weighted by molar-refractivity contribution is 0.590. The molecule has 0 N–H and O–H groups in total. The van der Waals surface area contributed by atoms with E-state index >= 15 is 0 Å². The molecule has 0 radical (unpaired) electrons. The molecule has 68 heavy (non-hydrogen) atoms. The van der Waals surface area contributed by atoms with Crippen LogP contribution in [0.3, 0.4) is 0 Å². The van der Waals surface area contributed by atoms with Gasteiger partial charge in [0, 0.05) is 39.3 Å². The second-order valence-electron chi connectivity index (χ2n) is 23.4. The van der Waals surface area contributed by atoms with Gasteiger partial charge in [0.25, 0.3) is 0 Å². The maximum Gasteiger partial charge on any atom is 0.0563 e. The van der Waals surface area contributed by atoms with Gasteiger partial charge in [-0.2, -0.15) is 0 Å². The standard InChI is InChI=1S/C66H68N2/c1-41-51-33-29-47(67(45-25-21-43(22-26-45)63(3,4)5)49-31-35-55-53-17-13-15-19-59(53)65(9,10)61(55)39-49)37-57(51)42(2)58-38-48(30-34-52(41)58)68(46-27-23-44(24-28-46)64(6,7)8)50-32-36-56-54-18-14-16-20-60(54)66(11,12)62(56)40-50/h13-15,17-19,21-30,32-40,49H,16,20,31H2,1-12H3. The molecule has 2 nitrogen and oxygen atoms in total. The molecule has 1 unspecified atom stereocenters. The minimum atomic E-state index is -0.0667. The molecule has 7 aromatic rings.